The Morgan fingerprint density at radius 3 is 2.57 bits per heavy atom. The fourth-order valence-electron chi connectivity index (χ4n) is 3.16. The zero-order valence-electron chi connectivity index (χ0n) is 15.0. The van der Waals surface area contributed by atoms with Gasteiger partial charge in [0, 0.05) is 22.2 Å². The first kappa shape index (κ1) is 17.5. The third-order valence-electron chi connectivity index (χ3n) is 4.59. The maximum atomic E-state index is 14.5. The van der Waals surface area contributed by atoms with Crippen LogP contribution < -0.4 is 11.5 Å². The van der Waals surface area contributed by atoms with Crippen LogP contribution in [0.25, 0.3) is 33.3 Å². The van der Waals surface area contributed by atoms with Crippen LogP contribution in [0, 0.1) is 12.7 Å². The number of carbonyl (C=O) groups excluding carboxylic acids is 1. The first-order valence-electron chi connectivity index (χ1n) is 8.52. The zero-order chi connectivity index (χ0) is 19.8. The molecule has 4 aromatic rings. The highest BCUT2D eigenvalue weighted by molar-refractivity contribution is 6.00. The van der Waals surface area contributed by atoms with Gasteiger partial charge in [0.05, 0.1) is 16.8 Å². The number of rotatable bonds is 3. The van der Waals surface area contributed by atoms with Crippen LogP contribution in [0.3, 0.4) is 0 Å². The molecule has 0 aliphatic heterocycles. The van der Waals surface area contributed by atoms with E-state index < -0.39 is 11.7 Å². The Labute approximate surface area is 160 Å². The van der Waals surface area contributed by atoms with Crippen LogP contribution in [-0.4, -0.2) is 20.9 Å². The van der Waals surface area contributed by atoms with E-state index in [9.17, 15) is 9.18 Å². The molecule has 2 heterocycles. The molecule has 0 fully saturated rings. The molecule has 138 valence electrons. The number of pyridine rings is 1. The van der Waals surface area contributed by atoms with E-state index >= 15 is 0 Å². The van der Waals surface area contributed by atoms with E-state index in [1.165, 1.54) is 12.4 Å². The second-order valence-corrected chi connectivity index (χ2v) is 6.35. The van der Waals surface area contributed by atoms with E-state index in [0.29, 0.717) is 11.3 Å². The molecule has 2 aromatic heterocycles. The van der Waals surface area contributed by atoms with Crippen LogP contribution in [0.15, 0.2) is 54.9 Å². The molecule has 0 unspecified atom stereocenters. The largest absolute Gasteiger partial charge is 0.383 e. The monoisotopic (exact) mass is 373 g/mol. The summed E-state index contributed by atoms with van der Waals surface area (Å²) >= 11 is 0. The molecule has 0 atom stereocenters. The number of carbonyl (C=O) groups is 1. The lowest BCUT2D eigenvalue weighted by Crippen LogP contribution is -2.15. The molecule has 4 rings (SSSR count). The van der Waals surface area contributed by atoms with E-state index in [0.717, 1.165) is 22.2 Å². The number of primary amides is 1. The van der Waals surface area contributed by atoms with Gasteiger partial charge in [-0.1, -0.05) is 18.2 Å². The van der Waals surface area contributed by atoms with E-state index in [4.69, 9.17) is 11.5 Å². The van der Waals surface area contributed by atoms with Crippen molar-refractivity contribution in [2.45, 2.75) is 6.92 Å². The number of nitrogen functional groups attached to an aromatic ring is 1. The van der Waals surface area contributed by atoms with Crippen molar-refractivity contribution in [2.75, 3.05) is 5.73 Å². The minimum atomic E-state index is -0.702. The van der Waals surface area contributed by atoms with Crippen molar-refractivity contribution >= 4 is 22.6 Å². The molecular formula is C21H16FN5O. The first-order chi connectivity index (χ1) is 13.5. The minimum Gasteiger partial charge on any atom is -0.383 e. The van der Waals surface area contributed by atoms with Gasteiger partial charge in [0.2, 0.25) is 0 Å². The fraction of sp³-hybridized carbons (Fsp3) is 0.0476. The van der Waals surface area contributed by atoms with Gasteiger partial charge in [0.25, 0.3) is 5.91 Å². The van der Waals surface area contributed by atoms with Gasteiger partial charge in [0.15, 0.2) is 0 Å². The Morgan fingerprint density at radius 1 is 1.04 bits per heavy atom. The highest BCUT2D eigenvalue weighted by atomic mass is 19.1. The minimum absolute atomic E-state index is 0.0465. The smallest absolute Gasteiger partial charge is 0.252 e. The molecule has 7 heteroatoms. The third-order valence-corrected chi connectivity index (χ3v) is 4.59. The molecule has 0 spiro atoms. The standard InChI is InChI=1S/C21H16FN5O/c1-11-14-8-12(6-7-18(14)26-10-25-11)15-9-16(21(24)28)20(23)27-19(15)13-4-2-3-5-17(13)22/h2-10H,1H3,(H2,23,27)(H2,24,28). The van der Waals surface area contributed by atoms with Crippen molar-refractivity contribution in [1.29, 1.82) is 0 Å². The highest BCUT2D eigenvalue weighted by Crippen LogP contribution is 2.35. The van der Waals surface area contributed by atoms with Crippen LogP contribution in [0.2, 0.25) is 0 Å². The van der Waals surface area contributed by atoms with Crippen molar-refractivity contribution in [3.63, 3.8) is 0 Å². The molecule has 0 radical (unpaired) electrons. The van der Waals surface area contributed by atoms with Crippen LogP contribution in [0.1, 0.15) is 16.1 Å². The zero-order valence-corrected chi connectivity index (χ0v) is 15.0. The Morgan fingerprint density at radius 2 is 1.82 bits per heavy atom. The van der Waals surface area contributed by atoms with Gasteiger partial charge in [-0.25, -0.2) is 19.3 Å². The second kappa shape index (κ2) is 6.70. The SMILES string of the molecule is Cc1ncnc2ccc(-c3cc(C(N)=O)c(N)nc3-c3ccccc3F)cc12. The molecule has 6 nitrogen and oxygen atoms in total. The molecule has 0 bridgehead atoms. The number of halogens is 1. The summed E-state index contributed by atoms with van der Waals surface area (Å²) in [5, 5.41) is 0.844. The number of aryl methyl sites for hydroxylation is 1. The quantitative estimate of drug-likeness (QED) is 0.571. The Balaban J connectivity index is 2.04. The summed E-state index contributed by atoms with van der Waals surface area (Å²) < 4.78 is 14.5. The van der Waals surface area contributed by atoms with Crippen molar-refractivity contribution in [2.24, 2.45) is 5.73 Å². The first-order valence-corrected chi connectivity index (χ1v) is 8.52. The summed E-state index contributed by atoms with van der Waals surface area (Å²) in [6, 6.07) is 13.4. The topological polar surface area (TPSA) is 108 Å². The predicted octanol–water partition coefficient (Wildman–Crippen LogP) is 3.49. The number of fused-ring (bicyclic) bond motifs is 1. The lowest BCUT2D eigenvalue weighted by Gasteiger charge is -2.14. The predicted molar refractivity (Wildman–Crippen MR) is 106 cm³/mol. The van der Waals surface area contributed by atoms with Crippen molar-refractivity contribution in [3.05, 3.63) is 71.9 Å². The molecule has 1 amide bonds. The summed E-state index contributed by atoms with van der Waals surface area (Å²) in [5.41, 5.74) is 14.9. The van der Waals surface area contributed by atoms with Crippen molar-refractivity contribution in [1.82, 2.24) is 15.0 Å². The van der Waals surface area contributed by atoms with Gasteiger partial charge in [-0.3, -0.25) is 4.79 Å². The maximum Gasteiger partial charge on any atom is 0.252 e. The molecule has 2 aromatic carbocycles. The number of aromatic nitrogens is 3. The van der Waals surface area contributed by atoms with E-state index in [-0.39, 0.29) is 16.9 Å². The summed E-state index contributed by atoms with van der Waals surface area (Å²) in [4.78, 5) is 24.6. The molecule has 0 saturated carbocycles. The van der Waals surface area contributed by atoms with Gasteiger partial charge in [-0.15, -0.1) is 0 Å². The van der Waals surface area contributed by atoms with Gasteiger partial charge >= 0.3 is 0 Å². The average molecular weight is 373 g/mol. The maximum absolute atomic E-state index is 14.5. The Bertz CT molecular complexity index is 1240. The molecule has 4 N–H and O–H groups in total. The third kappa shape index (κ3) is 2.92. The average Bonchev–Trinajstić information content (AvgIpc) is 2.68. The van der Waals surface area contributed by atoms with Crippen LogP contribution in [0.5, 0.6) is 0 Å². The molecule has 0 saturated heterocycles. The molecule has 0 aliphatic rings. The number of nitrogens with zero attached hydrogens (tertiary/aromatic N) is 3. The van der Waals surface area contributed by atoms with Gasteiger partial charge in [-0.2, -0.15) is 0 Å². The van der Waals surface area contributed by atoms with Crippen molar-refractivity contribution < 1.29 is 9.18 Å². The highest BCUT2D eigenvalue weighted by Gasteiger charge is 2.19. The number of amides is 1. The lowest BCUT2D eigenvalue weighted by molar-refractivity contribution is 0.100. The normalized spacial score (nSPS) is 10.9. The summed E-state index contributed by atoms with van der Waals surface area (Å²) in [5.74, 6) is -1.19. The molecule has 28 heavy (non-hydrogen) atoms. The summed E-state index contributed by atoms with van der Waals surface area (Å²) in [7, 11) is 0. The van der Waals surface area contributed by atoms with Gasteiger partial charge in [0.1, 0.15) is 18.0 Å². The number of hydrogen-bond acceptors (Lipinski definition) is 5. The van der Waals surface area contributed by atoms with E-state index in [1.54, 1.807) is 24.3 Å². The van der Waals surface area contributed by atoms with E-state index in [2.05, 4.69) is 15.0 Å². The van der Waals surface area contributed by atoms with Crippen LogP contribution >= 0.6 is 0 Å². The molecular weight excluding hydrogens is 357 g/mol. The molecule has 0 aliphatic carbocycles. The van der Waals surface area contributed by atoms with Gasteiger partial charge < -0.3 is 11.5 Å². The second-order valence-electron chi connectivity index (χ2n) is 6.35. The number of anilines is 1. The lowest BCUT2D eigenvalue weighted by atomic mass is 9.95. The summed E-state index contributed by atoms with van der Waals surface area (Å²) in [6.07, 6.45) is 1.50. The van der Waals surface area contributed by atoms with Crippen molar-refractivity contribution in [3.8, 4) is 22.4 Å². The van der Waals surface area contributed by atoms with Crippen LogP contribution in [-0.2, 0) is 0 Å². The Kier molecular flexibility index (Phi) is 4.19. The number of nitrogens with two attached hydrogens (primary N) is 2. The Hall–Kier alpha value is -3.87. The van der Waals surface area contributed by atoms with Crippen LogP contribution in [0.4, 0.5) is 10.2 Å². The number of benzene rings is 2. The van der Waals surface area contributed by atoms with Gasteiger partial charge in [-0.05, 0) is 42.8 Å². The summed E-state index contributed by atoms with van der Waals surface area (Å²) in [6.45, 7) is 1.88. The number of hydrogen-bond donors (Lipinski definition) is 2. The van der Waals surface area contributed by atoms with E-state index in [1.807, 2.05) is 25.1 Å². The fourth-order valence-corrected chi connectivity index (χ4v) is 3.16.